The van der Waals surface area contributed by atoms with Crippen LogP contribution < -0.4 is 18.9 Å². The van der Waals surface area contributed by atoms with Crippen molar-refractivity contribution in [1.82, 2.24) is 4.90 Å². The van der Waals surface area contributed by atoms with Crippen LogP contribution in [0.25, 0.3) is 0 Å². The minimum atomic E-state index is -0.460. The number of carbonyl (C=O) groups excluding carboxylic acids is 1. The van der Waals surface area contributed by atoms with E-state index in [1.54, 1.807) is 55.5 Å². The van der Waals surface area contributed by atoms with Crippen molar-refractivity contribution in [2.75, 3.05) is 27.4 Å². The Labute approximate surface area is 215 Å². The molecule has 194 valence electrons. The highest BCUT2D eigenvalue weighted by molar-refractivity contribution is 5.95. The lowest BCUT2D eigenvalue weighted by atomic mass is 9.91. The number of methoxy groups -OCH3 is 2. The van der Waals surface area contributed by atoms with E-state index in [1.165, 1.54) is 12.1 Å². The molecule has 0 aromatic heterocycles. The summed E-state index contributed by atoms with van der Waals surface area (Å²) in [5, 5.41) is 11.0. The molecule has 1 heterocycles. The fraction of sp³-hybridized carbons (Fsp3) is 0.321. The minimum absolute atomic E-state index is 0.0195. The van der Waals surface area contributed by atoms with E-state index in [2.05, 4.69) is 0 Å². The molecule has 1 aliphatic heterocycles. The van der Waals surface area contributed by atoms with Crippen molar-refractivity contribution >= 4 is 11.6 Å². The number of nitrogens with zero attached hydrogens (tertiary/aromatic N) is 2. The minimum Gasteiger partial charge on any atom is -0.493 e. The fourth-order valence-electron chi connectivity index (χ4n) is 4.40. The highest BCUT2D eigenvalue weighted by Crippen LogP contribution is 2.39. The second-order valence-electron chi connectivity index (χ2n) is 8.92. The number of hydrogen-bond acceptors (Lipinski definition) is 7. The largest absolute Gasteiger partial charge is 0.493 e. The van der Waals surface area contributed by atoms with E-state index < -0.39 is 11.0 Å². The molecule has 0 radical (unpaired) electrons. The maximum atomic E-state index is 13.7. The van der Waals surface area contributed by atoms with Gasteiger partial charge in [0.05, 0.1) is 31.3 Å². The predicted octanol–water partition coefficient (Wildman–Crippen LogP) is 5.22. The monoisotopic (exact) mass is 506 g/mol. The van der Waals surface area contributed by atoms with Gasteiger partial charge in [0.2, 0.25) is 0 Å². The maximum absolute atomic E-state index is 13.7. The average Bonchev–Trinajstić information content (AvgIpc) is 2.90. The zero-order chi connectivity index (χ0) is 26.5. The summed E-state index contributed by atoms with van der Waals surface area (Å²) in [6.45, 7) is 4.53. The molecule has 3 aromatic rings. The predicted molar refractivity (Wildman–Crippen MR) is 138 cm³/mol. The van der Waals surface area contributed by atoms with E-state index in [0.29, 0.717) is 41.5 Å². The standard InChI is InChI=1S/C28H30N2O7/c1-18(2)37-23-9-5-19(6-10-23)28(31)29-14-13-20-15-26(34-3)27(35-4)16-24(20)25(29)17-36-22-11-7-21(8-12-22)30(32)33/h5-12,15-16,18,25H,13-14,17H2,1-4H3/t25-/m1/s1. The van der Waals surface area contributed by atoms with Gasteiger partial charge in [-0.3, -0.25) is 14.9 Å². The van der Waals surface area contributed by atoms with Crippen LogP contribution >= 0.6 is 0 Å². The van der Waals surface area contributed by atoms with Crippen LogP contribution in [-0.4, -0.2) is 49.2 Å². The molecule has 0 N–H and O–H groups in total. The molecule has 0 spiro atoms. The summed E-state index contributed by atoms with van der Waals surface area (Å²) in [7, 11) is 3.16. The Hall–Kier alpha value is -4.27. The Kier molecular flexibility index (Phi) is 7.81. The normalized spacial score (nSPS) is 14.6. The molecule has 9 heteroatoms. The third-order valence-corrected chi connectivity index (χ3v) is 6.19. The van der Waals surface area contributed by atoms with Crippen molar-refractivity contribution in [3.8, 4) is 23.0 Å². The zero-order valence-electron chi connectivity index (χ0n) is 21.3. The molecule has 0 saturated heterocycles. The molecule has 0 unspecified atom stereocenters. The molecule has 0 fully saturated rings. The van der Waals surface area contributed by atoms with Crippen LogP contribution in [0.4, 0.5) is 5.69 Å². The van der Waals surface area contributed by atoms with Gasteiger partial charge in [0.25, 0.3) is 11.6 Å². The number of rotatable bonds is 9. The number of benzene rings is 3. The van der Waals surface area contributed by atoms with Gasteiger partial charge >= 0.3 is 0 Å². The highest BCUT2D eigenvalue weighted by Gasteiger charge is 2.33. The number of nitro groups is 1. The Morgan fingerprint density at radius 2 is 1.62 bits per heavy atom. The Bertz CT molecular complexity index is 1260. The SMILES string of the molecule is COc1cc2c(cc1OC)[C@@H](COc1ccc([N+](=O)[O-])cc1)N(C(=O)c1ccc(OC(C)C)cc1)CC2. The first kappa shape index (κ1) is 25.8. The first-order valence-electron chi connectivity index (χ1n) is 12.0. The summed E-state index contributed by atoms with van der Waals surface area (Å²) < 4.78 is 22.7. The molecular formula is C28H30N2O7. The van der Waals surface area contributed by atoms with Gasteiger partial charge in [-0.15, -0.1) is 0 Å². The van der Waals surface area contributed by atoms with Gasteiger partial charge in [0.1, 0.15) is 18.1 Å². The van der Waals surface area contributed by atoms with Crippen molar-refractivity contribution in [1.29, 1.82) is 0 Å². The Balaban J connectivity index is 1.64. The van der Waals surface area contributed by atoms with Crippen molar-refractivity contribution in [2.45, 2.75) is 32.4 Å². The van der Waals surface area contributed by atoms with Gasteiger partial charge in [-0.05, 0) is 79.9 Å². The number of carbonyl (C=O) groups is 1. The third-order valence-electron chi connectivity index (χ3n) is 6.19. The van der Waals surface area contributed by atoms with E-state index in [0.717, 1.165) is 11.1 Å². The third kappa shape index (κ3) is 5.77. The average molecular weight is 507 g/mol. The van der Waals surface area contributed by atoms with Gasteiger partial charge in [-0.25, -0.2) is 0 Å². The van der Waals surface area contributed by atoms with Crippen molar-refractivity contribution < 1.29 is 28.7 Å². The van der Waals surface area contributed by atoms with Crippen LogP contribution in [0.5, 0.6) is 23.0 Å². The lowest BCUT2D eigenvalue weighted by molar-refractivity contribution is -0.384. The number of nitro benzene ring substituents is 1. The van der Waals surface area contributed by atoms with E-state index in [4.69, 9.17) is 18.9 Å². The van der Waals surface area contributed by atoms with Crippen LogP contribution in [0.15, 0.2) is 60.7 Å². The summed E-state index contributed by atoms with van der Waals surface area (Å²) in [5.41, 5.74) is 2.47. The smallest absolute Gasteiger partial charge is 0.269 e. The maximum Gasteiger partial charge on any atom is 0.269 e. The van der Waals surface area contributed by atoms with E-state index >= 15 is 0 Å². The molecule has 0 saturated carbocycles. The summed E-state index contributed by atoms with van der Waals surface area (Å²) in [5.74, 6) is 2.22. The number of amides is 1. The molecular weight excluding hydrogens is 476 g/mol. The molecule has 3 aromatic carbocycles. The fourth-order valence-corrected chi connectivity index (χ4v) is 4.40. The molecule has 1 atom stereocenters. The summed E-state index contributed by atoms with van der Waals surface area (Å²) in [6, 6.07) is 16.4. The second kappa shape index (κ2) is 11.2. The van der Waals surface area contributed by atoms with Gasteiger partial charge in [-0.2, -0.15) is 0 Å². The van der Waals surface area contributed by atoms with Crippen molar-refractivity contribution in [3.05, 3.63) is 87.5 Å². The van der Waals surface area contributed by atoms with E-state index in [-0.39, 0.29) is 24.3 Å². The van der Waals surface area contributed by atoms with E-state index in [1.807, 2.05) is 26.0 Å². The topological polar surface area (TPSA) is 100 Å². The van der Waals surface area contributed by atoms with Crippen LogP contribution in [0, 0.1) is 10.1 Å². The first-order chi connectivity index (χ1) is 17.8. The molecule has 37 heavy (non-hydrogen) atoms. The Morgan fingerprint density at radius 1 is 1.00 bits per heavy atom. The quantitative estimate of drug-likeness (QED) is 0.290. The Morgan fingerprint density at radius 3 is 2.22 bits per heavy atom. The van der Waals surface area contributed by atoms with Crippen LogP contribution in [0.2, 0.25) is 0 Å². The van der Waals surface area contributed by atoms with Crippen LogP contribution in [0.1, 0.15) is 41.4 Å². The van der Waals surface area contributed by atoms with Crippen LogP contribution in [0.3, 0.4) is 0 Å². The zero-order valence-corrected chi connectivity index (χ0v) is 21.3. The lowest BCUT2D eigenvalue weighted by Crippen LogP contribution is -2.42. The van der Waals surface area contributed by atoms with Gasteiger partial charge in [-0.1, -0.05) is 0 Å². The molecule has 0 aliphatic carbocycles. The number of fused-ring (bicyclic) bond motifs is 1. The van der Waals surface area contributed by atoms with Gasteiger partial charge < -0.3 is 23.8 Å². The lowest BCUT2D eigenvalue weighted by Gasteiger charge is -2.37. The molecule has 4 rings (SSSR count). The second-order valence-corrected chi connectivity index (χ2v) is 8.92. The molecule has 0 bridgehead atoms. The first-order valence-corrected chi connectivity index (χ1v) is 12.0. The molecule has 9 nitrogen and oxygen atoms in total. The van der Waals surface area contributed by atoms with Crippen molar-refractivity contribution in [3.63, 3.8) is 0 Å². The number of ether oxygens (including phenoxy) is 4. The summed E-state index contributed by atoms with van der Waals surface area (Å²) in [6.07, 6.45) is 0.678. The van der Waals surface area contributed by atoms with Crippen molar-refractivity contribution in [2.24, 2.45) is 0 Å². The molecule has 1 amide bonds. The highest BCUT2D eigenvalue weighted by atomic mass is 16.6. The number of non-ortho nitro benzene ring substituents is 1. The number of hydrogen-bond donors (Lipinski definition) is 0. The molecule has 1 aliphatic rings. The summed E-state index contributed by atoms with van der Waals surface area (Å²) >= 11 is 0. The summed E-state index contributed by atoms with van der Waals surface area (Å²) in [4.78, 5) is 26.0. The van der Waals surface area contributed by atoms with Gasteiger partial charge in [0.15, 0.2) is 11.5 Å². The van der Waals surface area contributed by atoms with Gasteiger partial charge in [0, 0.05) is 24.2 Å². The van der Waals surface area contributed by atoms with Crippen LogP contribution in [-0.2, 0) is 6.42 Å². The van der Waals surface area contributed by atoms with E-state index in [9.17, 15) is 14.9 Å².